The molecule has 0 radical (unpaired) electrons. The molecule has 0 bridgehead atoms. The zero-order chi connectivity index (χ0) is 28.7. The fourth-order valence-corrected chi connectivity index (χ4v) is 4.97. The Bertz CT molecular complexity index is 1290. The van der Waals surface area contributed by atoms with Gasteiger partial charge in [-0.2, -0.15) is 0 Å². The molecule has 2 amide bonds. The number of carbonyl (C=O) groups is 3. The molecule has 0 saturated carbocycles. The van der Waals surface area contributed by atoms with Crippen LogP contribution in [0.5, 0.6) is 0 Å². The van der Waals surface area contributed by atoms with Gasteiger partial charge in [0, 0.05) is 12.5 Å². The van der Waals surface area contributed by atoms with Crippen molar-refractivity contribution in [2.75, 3.05) is 13.2 Å². The van der Waals surface area contributed by atoms with Crippen LogP contribution in [0.2, 0.25) is 0 Å². The van der Waals surface area contributed by atoms with E-state index in [0.29, 0.717) is 0 Å². The molecule has 40 heavy (non-hydrogen) atoms. The standard InChI is InChI=1S/C32H36N2O6/c1-21(39-18-22-11-5-4-6-12-22)29(30(37)33-20-32(2,3)17-28(35)36)34-31(38)40-19-27-25-15-9-7-13-23(25)24-14-8-10-16-26(24)27/h4-16,21,27,29H,17-20H2,1-3H3,(H,33,37)(H,34,38)(H,35,36). The van der Waals surface area contributed by atoms with E-state index >= 15 is 0 Å². The average Bonchev–Trinajstić information content (AvgIpc) is 3.26. The molecule has 0 spiro atoms. The monoisotopic (exact) mass is 544 g/mol. The highest BCUT2D eigenvalue weighted by Crippen LogP contribution is 2.44. The number of carboxylic acids is 1. The molecule has 2 atom stereocenters. The van der Waals surface area contributed by atoms with Crippen LogP contribution in [0, 0.1) is 5.41 Å². The van der Waals surface area contributed by atoms with Gasteiger partial charge in [-0.3, -0.25) is 9.59 Å². The molecule has 0 heterocycles. The SMILES string of the molecule is CC(OCc1ccccc1)C(NC(=O)OCC1c2ccccc2-c2ccccc21)C(=O)NCC(C)(C)CC(=O)O. The highest BCUT2D eigenvalue weighted by molar-refractivity contribution is 5.86. The average molecular weight is 545 g/mol. The second kappa shape index (κ2) is 12.8. The second-order valence-electron chi connectivity index (χ2n) is 10.9. The Kier molecular flexibility index (Phi) is 9.22. The van der Waals surface area contributed by atoms with Crippen molar-refractivity contribution in [3.05, 3.63) is 95.6 Å². The first kappa shape index (κ1) is 28.8. The molecule has 8 heteroatoms. The lowest BCUT2D eigenvalue weighted by molar-refractivity contribution is -0.139. The number of nitrogens with one attached hydrogen (secondary N) is 2. The first-order valence-electron chi connectivity index (χ1n) is 13.4. The molecule has 1 aliphatic carbocycles. The maximum atomic E-state index is 13.2. The van der Waals surface area contributed by atoms with Crippen molar-refractivity contribution in [2.24, 2.45) is 5.41 Å². The zero-order valence-corrected chi connectivity index (χ0v) is 23.1. The first-order chi connectivity index (χ1) is 19.1. The normalized spacial score (nSPS) is 14.0. The van der Waals surface area contributed by atoms with E-state index in [2.05, 4.69) is 22.8 Å². The lowest BCUT2D eigenvalue weighted by Crippen LogP contribution is -2.54. The molecule has 2 unspecified atom stereocenters. The van der Waals surface area contributed by atoms with E-state index in [9.17, 15) is 19.5 Å². The largest absolute Gasteiger partial charge is 0.481 e. The lowest BCUT2D eigenvalue weighted by Gasteiger charge is -2.28. The van der Waals surface area contributed by atoms with E-state index in [1.54, 1.807) is 20.8 Å². The number of rotatable bonds is 12. The summed E-state index contributed by atoms with van der Waals surface area (Å²) in [6.07, 6.45) is -1.54. The van der Waals surface area contributed by atoms with Crippen molar-refractivity contribution in [1.82, 2.24) is 10.6 Å². The highest BCUT2D eigenvalue weighted by Gasteiger charge is 2.32. The van der Waals surface area contributed by atoms with Gasteiger partial charge < -0.3 is 25.2 Å². The van der Waals surface area contributed by atoms with Crippen molar-refractivity contribution >= 4 is 18.0 Å². The van der Waals surface area contributed by atoms with Gasteiger partial charge in [0.25, 0.3) is 0 Å². The van der Waals surface area contributed by atoms with Crippen LogP contribution in [0.1, 0.15) is 49.8 Å². The summed E-state index contributed by atoms with van der Waals surface area (Å²) in [4.78, 5) is 37.5. The molecule has 3 N–H and O–H groups in total. The number of carbonyl (C=O) groups excluding carboxylic acids is 2. The van der Waals surface area contributed by atoms with Crippen molar-refractivity contribution in [3.63, 3.8) is 0 Å². The summed E-state index contributed by atoms with van der Waals surface area (Å²) in [5.41, 5.74) is 4.67. The number of amides is 2. The summed E-state index contributed by atoms with van der Waals surface area (Å²) in [6, 6.07) is 24.6. The van der Waals surface area contributed by atoms with Gasteiger partial charge in [-0.1, -0.05) is 92.7 Å². The van der Waals surface area contributed by atoms with Gasteiger partial charge >= 0.3 is 12.1 Å². The molecule has 0 aromatic heterocycles. The maximum Gasteiger partial charge on any atom is 0.407 e. The van der Waals surface area contributed by atoms with Gasteiger partial charge in [-0.05, 0) is 40.2 Å². The molecule has 3 aromatic rings. The van der Waals surface area contributed by atoms with Crippen molar-refractivity contribution < 1.29 is 29.0 Å². The number of ether oxygens (including phenoxy) is 2. The minimum atomic E-state index is -1.06. The van der Waals surface area contributed by atoms with Crippen LogP contribution >= 0.6 is 0 Å². The molecule has 0 saturated heterocycles. The third kappa shape index (κ3) is 7.27. The van der Waals surface area contributed by atoms with Crippen LogP contribution in [-0.4, -0.2) is 48.4 Å². The van der Waals surface area contributed by atoms with Gasteiger partial charge in [0.15, 0.2) is 0 Å². The molecular formula is C32H36N2O6. The first-order valence-corrected chi connectivity index (χ1v) is 13.4. The van der Waals surface area contributed by atoms with Crippen molar-refractivity contribution in [3.8, 4) is 11.1 Å². The van der Waals surface area contributed by atoms with Crippen LogP contribution in [0.3, 0.4) is 0 Å². The minimum Gasteiger partial charge on any atom is -0.481 e. The third-order valence-electron chi connectivity index (χ3n) is 7.10. The van der Waals surface area contributed by atoms with E-state index in [1.165, 1.54) is 0 Å². The summed E-state index contributed by atoms with van der Waals surface area (Å²) >= 11 is 0. The molecule has 8 nitrogen and oxygen atoms in total. The number of carboxylic acid groups (broad SMARTS) is 1. The highest BCUT2D eigenvalue weighted by atomic mass is 16.5. The summed E-state index contributed by atoms with van der Waals surface area (Å²) in [5.74, 6) is -1.55. The van der Waals surface area contributed by atoms with Crippen LogP contribution in [0.15, 0.2) is 78.9 Å². The van der Waals surface area contributed by atoms with Gasteiger partial charge in [0.1, 0.15) is 12.6 Å². The summed E-state index contributed by atoms with van der Waals surface area (Å²) < 4.78 is 11.6. The minimum absolute atomic E-state index is 0.110. The molecule has 3 aromatic carbocycles. The Labute approximate surface area is 234 Å². The zero-order valence-electron chi connectivity index (χ0n) is 23.1. The van der Waals surface area contributed by atoms with E-state index in [4.69, 9.17) is 9.47 Å². The summed E-state index contributed by atoms with van der Waals surface area (Å²) in [6.45, 7) is 5.70. The lowest BCUT2D eigenvalue weighted by atomic mass is 9.89. The van der Waals surface area contributed by atoms with Crippen LogP contribution in [0.4, 0.5) is 4.79 Å². The van der Waals surface area contributed by atoms with Crippen molar-refractivity contribution in [2.45, 2.75) is 51.9 Å². The smallest absolute Gasteiger partial charge is 0.407 e. The molecule has 4 rings (SSSR count). The Morgan fingerprint density at radius 2 is 1.48 bits per heavy atom. The predicted octanol–water partition coefficient (Wildman–Crippen LogP) is 5.12. The Morgan fingerprint density at radius 3 is 2.08 bits per heavy atom. The van der Waals surface area contributed by atoms with E-state index in [0.717, 1.165) is 27.8 Å². The number of alkyl carbamates (subject to hydrolysis) is 1. The van der Waals surface area contributed by atoms with Crippen LogP contribution in [-0.2, 0) is 25.7 Å². The number of aliphatic carboxylic acids is 1. The molecular weight excluding hydrogens is 508 g/mol. The van der Waals surface area contributed by atoms with E-state index in [1.807, 2.05) is 66.7 Å². The number of hydrogen-bond donors (Lipinski definition) is 3. The number of fused-ring (bicyclic) bond motifs is 3. The Hall–Kier alpha value is -4.17. The number of benzene rings is 3. The Balaban J connectivity index is 1.43. The maximum absolute atomic E-state index is 13.2. The Morgan fingerprint density at radius 1 is 0.900 bits per heavy atom. The van der Waals surface area contributed by atoms with Crippen LogP contribution in [0.25, 0.3) is 11.1 Å². The quantitative estimate of drug-likeness (QED) is 0.292. The number of hydrogen-bond acceptors (Lipinski definition) is 5. The van der Waals surface area contributed by atoms with Gasteiger partial charge in [-0.25, -0.2) is 4.79 Å². The molecule has 1 aliphatic rings. The van der Waals surface area contributed by atoms with Crippen molar-refractivity contribution in [1.29, 1.82) is 0 Å². The van der Waals surface area contributed by atoms with Crippen LogP contribution < -0.4 is 10.6 Å². The topological polar surface area (TPSA) is 114 Å². The summed E-state index contributed by atoms with van der Waals surface area (Å²) in [5, 5.41) is 14.6. The second-order valence-corrected chi connectivity index (χ2v) is 10.9. The third-order valence-corrected chi connectivity index (χ3v) is 7.10. The molecule has 210 valence electrons. The molecule has 0 fully saturated rings. The van der Waals surface area contributed by atoms with E-state index < -0.39 is 35.5 Å². The predicted molar refractivity (Wildman–Crippen MR) is 152 cm³/mol. The van der Waals surface area contributed by atoms with Gasteiger partial charge in [-0.15, -0.1) is 0 Å². The molecule has 0 aliphatic heterocycles. The summed E-state index contributed by atoms with van der Waals surface area (Å²) in [7, 11) is 0. The van der Waals surface area contributed by atoms with Gasteiger partial charge in [0.2, 0.25) is 5.91 Å². The van der Waals surface area contributed by atoms with Gasteiger partial charge in [0.05, 0.1) is 19.1 Å². The fraction of sp³-hybridized carbons (Fsp3) is 0.344. The fourth-order valence-electron chi connectivity index (χ4n) is 4.97. The van der Waals surface area contributed by atoms with E-state index in [-0.39, 0.29) is 32.1 Å².